The molecule has 0 aromatic carbocycles. The molecular formula is C15H17Cl2F4N5O. The van der Waals surface area contributed by atoms with Gasteiger partial charge in [0.1, 0.15) is 17.9 Å². The monoisotopic (exact) mass is 429 g/mol. The number of halogens is 6. The van der Waals surface area contributed by atoms with Gasteiger partial charge in [-0.05, 0) is 20.3 Å². The van der Waals surface area contributed by atoms with E-state index in [1.54, 1.807) is 11.6 Å². The summed E-state index contributed by atoms with van der Waals surface area (Å²) in [7, 11) is 0. The Kier molecular flexibility index (Phi) is 7.10. The second kappa shape index (κ2) is 8.92. The van der Waals surface area contributed by atoms with Gasteiger partial charge in [-0.3, -0.25) is 14.2 Å². The highest BCUT2D eigenvalue weighted by Crippen LogP contribution is 2.34. The van der Waals surface area contributed by atoms with Crippen molar-refractivity contribution < 1.29 is 22.4 Å². The van der Waals surface area contributed by atoms with Crippen LogP contribution in [0.25, 0.3) is 0 Å². The Bertz CT molecular complexity index is 822. The van der Waals surface area contributed by atoms with Crippen LogP contribution in [0.2, 0.25) is 10.0 Å². The van der Waals surface area contributed by atoms with E-state index in [2.05, 4.69) is 15.5 Å². The van der Waals surface area contributed by atoms with Crippen LogP contribution in [0, 0.1) is 13.8 Å². The molecule has 1 N–H and O–H groups in total. The molecule has 0 atom stereocenters. The van der Waals surface area contributed by atoms with Gasteiger partial charge < -0.3 is 5.32 Å². The summed E-state index contributed by atoms with van der Waals surface area (Å²) in [5, 5.41) is 9.84. The third-order valence-electron chi connectivity index (χ3n) is 3.83. The van der Waals surface area contributed by atoms with Crippen molar-refractivity contribution in [3.63, 3.8) is 0 Å². The molecule has 27 heavy (non-hydrogen) atoms. The summed E-state index contributed by atoms with van der Waals surface area (Å²) in [4.78, 5) is 11.9. The van der Waals surface area contributed by atoms with Crippen molar-refractivity contribution in [3.05, 3.63) is 32.8 Å². The molecule has 0 aliphatic carbocycles. The number of nitrogens with one attached hydrogen (secondary N) is 1. The van der Waals surface area contributed by atoms with Crippen LogP contribution in [0.15, 0.2) is 0 Å². The third kappa shape index (κ3) is 4.92. The maximum absolute atomic E-state index is 13.0. The molecular weight excluding hydrogens is 413 g/mol. The van der Waals surface area contributed by atoms with E-state index in [1.807, 2.05) is 6.92 Å². The van der Waals surface area contributed by atoms with Gasteiger partial charge in [-0.15, -0.1) is 0 Å². The number of carbonyl (C=O) groups is 1. The van der Waals surface area contributed by atoms with Gasteiger partial charge in [0.2, 0.25) is 5.91 Å². The van der Waals surface area contributed by atoms with Crippen molar-refractivity contribution in [1.82, 2.24) is 24.9 Å². The van der Waals surface area contributed by atoms with Crippen LogP contribution in [-0.2, 0) is 17.9 Å². The lowest BCUT2D eigenvalue weighted by Crippen LogP contribution is -2.30. The molecule has 0 aliphatic rings. The minimum Gasteiger partial charge on any atom is -0.354 e. The summed E-state index contributed by atoms with van der Waals surface area (Å²) in [5.74, 6) is -0.650. The Balaban J connectivity index is 1.92. The molecule has 0 saturated heterocycles. The van der Waals surface area contributed by atoms with Crippen molar-refractivity contribution in [2.24, 2.45) is 0 Å². The second-order valence-corrected chi connectivity index (χ2v) is 6.51. The number of hydrogen-bond acceptors (Lipinski definition) is 3. The average molecular weight is 430 g/mol. The fourth-order valence-electron chi connectivity index (χ4n) is 2.48. The van der Waals surface area contributed by atoms with Gasteiger partial charge in [-0.1, -0.05) is 23.2 Å². The Morgan fingerprint density at radius 2 is 1.74 bits per heavy atom. The van der Waals surface area contributed by atoms with Crippen LogP contribution in [0.3, 0.4) is 0 Å². The minimum atomic E-state index is -3.14. The van der Waals surface area contributed by atoms with E-state index < -0.39 is 41.7 Å². The maximum Gasteiger partial charge on any atom is 0.283 e. The molecule has 0 unspecified atom stereocenters. The highest BCUT2D eigenvalue weighted by Gasteiger charge is 2.28. The van der Waals surface area contributed by atoms with Gasteiger partial charge >= 0.3 is 0 Å². The number of hydrogen-bond donors (Lipinski definition) is 1. The highest BCUT2D eigenvalue weighted by atomic mass is 35.5. The zero-order valence-electron chi connectivity index (χ0n) is 14.4. The van der Waals surface area contributed by atoms with Gasteiger partial charge in [0.05, 0.1) is 21.4 Å². The molecule has 12 heteroatoms. The second-order valence-electron chi connectivity index (χ2n) is 5.75. The van der Waals surface area contributed by atoms with Crippen molar-refractivity contribution in [2.75, 3.05) is 6.54 Å². The highest BCUT2D eigenvalue weighted by molar-refractivity contribution is 6.32. The molecule has 0 aliphatic heterocycles. The molecule has 2 aromatic rings. The predicted octanol–water partition coefficient (Wildman–Crippen LogP) is 4.08. The lowest BCUT2D eigenvalue weighted by Gasteiger charge is -2.09. The molecule has 150 valence electrons. The molecule has 2 aromatic heterocycles. The number of amides is 1. The van der Waals surface area contributed by atoms with E-state index in [4.69, 9.17) is 23.2 Å². The number of rotatable bonds is 8. The summed E-state index contributed by atoms with van der Waals surface area (Å²) in [6, 6.07) is 0. The van der Waals surface area contributed by atoms with Crippen LogP contribution in [-0.4, -0.2) is 32.0 Å². The standard InChI is InChI=1S/C15H17Cl2F4N5O/c1-7-10(16)8(2)25(23-7)5-3-4-22-9(27)6-26-13(15(20)21)11(17)12(24-26)14(18)19/h14-15H,3-6H2,1-2H3,(H,22,27). The number of alkyl halides is 4. The molecule has 2 heterocycles. The van der Waals surface area contributed by atoms with Gasteiger partial charge in [0.15, 0.2) is 0 Å². The van der Waals surface area contributed by atoms with Crippen LogP contribution < -0.4 is 5.32 Å². The van der Waals surface area contributed by atoms with Crippen molar-refractivity contribution in [1.29, 1.82) is 0 Å². The Labute approximate surface area is 162 Å². The fourth-order valence-corrected chi connectivity index (χ4v) is 2.92. The molecule has 0 bridgehead atoms. The molecule has 0 radical (unpaired) electrons. The van der Waals surface area contributed by atoms with E-state index in [0.29, 0.717) is 28.4 Å². The van der Waals surface area contributed by atoms with Crippen LogP contribution >= 0.6 is 23.2 Å². The Morgan fingerprint density at radius 1 is 1.07 bits per heavy atom. The largest absolute Gasteiger partial charge is 0.354 e. The summed E-state index contributed by atoms with van der Waals surface area (Å²) in [6.07, 6.45) is -5.75. The number of nitrogens with zero attached hydrogens (tertiary/aromatic N) is 4. The average Bonchev–Trinajstić information content (AvgIpc) is 3.03. The zero-order chi connectivity index (χ0) is 20.3. The van der Waals surface area contributed by atoms with Gasteiger partial charge in [-0.2, -0.15) is 10.2 Å². The summed E-state index contributed by atoms with van der Waals surface area (Å²) in [5.41, 5.74) is -0.378. The molecule has 6 nitrogen and oxygen atoms in total. The Morgan fingerprint density at radius 3 is 2.26 bits per heavy atom. The number of aryl methyl sites for hydroxylation is 2. The van der Waals surface area contributed by atoms with Gasteiger partial charge in [0.25, 0.3) is 12.9 Å². The van der Waals surface area contributed by atoms with Gasteiger partial charge in [0, 0.05) is 13.1 Å². The van der Waals surface area contributed by atoms with E-state index in [9.17, 15) is 22.4 Å². The third-order valence-corrected chi connectivity index (χ3v) is 4.76. The summed E-state index contributed by atoms with van der Waals surface area (Å²) in [6.45, 7) is 3.67. The lowest BCUT2D eigenvalue weighted by molar-refractivity contribution is -0.121. The first-order valence-corrected chi connectivity index (χ1v) is 8.67. The SMILES string of the molecule is Cc1nn(CCCNC(=O)Cn2nc(C(F)F)c(Cl)c2C(F)F)c(C)c1Cl. The maximum atomic E-state index is 13.0. The predicted molar refractivity (Wildman–Crippen MR) is 91.5 cm³/mol. The molecule has 2 rings (SSSR count). The molecule has 0 fully saturated rings. The lowest BCUT2D eigenvalue weighted by atomic mass is 10.3. The molecule has 0 spiro atoms. The van der Waals surface area contributed by atoms with Crippen LogP contribution in [0.1, 0.15) is 42.0 Å². The van der Waals surface area contributed by atoms with E-state index in [-0.39, 0.29) is 6.54 Å². The Hall–Kier alpha value is -1.81. The van der Waals surface area contributed by atoms with Crippen molar-refractivity contribution in [3.8, 4) is 0 Å². The first-order chi connectivity index (χ1) is 12.6. The molecule has 1 amide bonds. The van der Waals surface area contributed by atoms with Crippen molar-refractivity contribution in [2.45, 2.75) is 46.2 Å². The zero-order valence-corrected chi connectivity index (χ0v) is 16.0. The smallest absolute Gasteiger partial charge is 0.283 e. The fraction of sp³-hybridized carbons (Fsp3) is 0.533. The first kappa shape index (κ1) is 21.5. The van der Waals surface area contributed by atoms with Gasteiger partial charge in [-0.25, -0.2) is 17.6 Å². The van der Waals surface area contributed by atoms with Crippen LogP contribution in [0.5, 0.6) is 0 Å². The number of aromatic nitrogens is 4. The summed E-state index contributed by atoms with van der Waals surface area (Å²) < 4.78 is 53.8. The normalized spacial score (nSPS) is 11.6. The summed E-state index contributed by atoms with van der Waals surface area (Å²) >= 11 is 11.6. The van der Waals surface area contributed by atoms with Crippen molar-refractivity contribution >= 4 is 29.1 Å². The molecule has 0 saturated carbocycles. The topological polar surface area (TPSA) is 64.7 Å². The van der Waals surface area contributed by atoms with E-state index in [1.165, 1.54) is 0 Å². The van der Waals surface area contributed by atoms with Crippen LogP contribution in [0.4, 0.5) is 17.6 Å². The minimum absolute atomic E-state index is 0.232. The number of carbonyl (C=O) groups excluding carboxylic acids is 1. The van der Waals surface area contributed by atoms with E-state index >= 15 is 0 Å². The first-order valence-electron chi connectivity index (χ1n) is 7.92. The quantitative estimate of drug-likeness (QED) is 0.507. The van der Waals surface area contributed by atoms with E-state index in [0.717, 1.165) is 5.69 Å².